The number of aromatic nitrogens is 1. The minimum absolute atomic E-state index is 0.205. The second-order valence-electron chi connectivity index (χ2n) is 3.83. The Hall–Kier alpha value is -2.40. The first-order valence-corrected chi connectivity index (χ1v) is 6.13. The molecule has 2 N–H and O–H groups in total. The lowest BCUT2D eigenvalue weighted by Crippen LogP contribution is -2.23. The van der Waals surface area contributed by atoms with Crippen molar-refractivity contribution in [3.8, 4) is 0 Å². The minimum atomic E-state index is -0.465. The SMILES string of the molecule is O=C(N/C=C/c1cccc(F)c1)Nc1cccnc1Cl. The topological polar surface area (TPSA) is 54.0 Å². The Balaban J connectivity index is 1.91. The number of halogens is 2. The molecule has 2 amide bonds. The predicted molar refractivity (Wildman–Crippen MR) is 76.8 cm³/mol. The third-order valence-electron chi connectivity index (χ3n) is 2.35. The lowest BCUT2D eigenvalue weighted by molar-refractivity contribution is 0.255. The molecule has 0 aliphatic carbocycles. The van der Waals surface area contributed by atoms with Gasteiger partial charge in [0.1, 0.15) is 5.82 Å². The average molecular weight is 292 g/mol. The first-order valence-electron chi connectivity index (χ1n) is 5.75. The van der Waals surface area contributed by atoms with Gasteiger partial charge in [-0.15, -0.1) is 0 Å². The summed E-state index contributed by atoms with van der Waals surface area (Å²) in [5.41, 5.74) is 1.05. The van der Waals surface area contributed by atoms with Crippen molar-refractivity contribution in [3.05, 3.63) is 65.3 Å². The zero-order valence-corrected chi connectivity index (χ0v) is 11.1. The van der Waals surface area contributed by atoms with E-state index >= 15 is 0 Å². The van der Waals surface area contributed by atoms with Crippen molar-refractivity contribution in [1.82, 2.24) is 10.3 Å². The fourth-order valence-electron chi connectivity index (χ4n) is 1.46. The van der Waals surface area contributed by atoms with Gasteiger partial charge < -0.3 is 10.6 Å². The third kappa shape index (κ3) is 4.07. The maximum atomic E-state index is 12.9. The van der Waals surface area contributed by atoms with Gasteiger partial charge in [-0.05, 0) is 35.9 Å². The number of hydrogen-bond donors (Lipinski definition) is 2. The highest BCUT2D eigenvalue weighted by Gasteiger charge is 2.03. The number of carbonyl (C=O) groups is 1. The number of nitrogens with zero attached hydrogens (tertiary/aromatic N) is 1. The van der Waals surface area contributed by atoms with Gasteiger partial charge in [0, 0.05) is 12.4 Å². The predicted octanol–water partition coefficient (Wildman–Crippen LogP) is 3.67. The molecule has 20 heavy (non-hydrogen) atoms. The second kappa shape index (κ2) is 6.68. The molecule has 0 radical (unpaired) electrons. The normalized spacial score (nSPS) is 10.5. The van der Waals surface area contributed by atoms with E-state index in [-0.39, 0.29) is 11.0 Å². The summed E-state index contributed by atoms with van der Waals surface area (Å²) in [7, 11) is 0. The highest BCUT2D eigenvalue weighted by Crippen LogP contribution is 2.16. The summed E-state index contributed by atoms with van der Waals surface area (Å²) < 4.78 is 12.9. The average Bonchev–Trinajstić information content (AvgIpc) is 2.41. The van der Waals surface area contributed by atoms with Crippen LogP contribution in [0.4, 0.5) is 14.9 Å². The quantitative estimate of drug-likeness (QED) is 0.848. The van der Waals surface area contributed by atoms with Gasteiger partial charge in [-0.1, -0.05) is 23.7 Å². The van der Waals surface area contributed by atoms with Crippen LogP contribution in [0.25, 0.3) is 6.08 Å². The zero-order valence-electron chi connectivity index (χ0n) is 10.3. The van der Waals surface area contributed by atoms with Crippen LogP contribution in [0, 0.1) is 5.82 Å². The summed E-state index contributed by atoms with van der Waals surface area (Å²) in [6, 6.07) is 8.83. The number of pyridine rings is 1. The number of hydrogen-bond acceptors (Lipinski definition) is 2. The Morgan fingerprint density at radius 2 is 2.15 bits per heavy atom. The van der Waals surface area contributed by atoms with Gasteiger partial charge in [0.05, 0.1) is 5.69 Å². The van der Waals surface area contributed by atoms with Crippen LogP contribution in [0.15, 0.2) is 48.8 Å². The molecule has 1 aromatic carbocycles. The van der Waals surface area contributed by atoms with Crippen molar-refractivity contribution < 1.29 is 9.18 Å². The van der Waals surface area contributed by atoms with Crippen LogP contribution in [0.3, 0.4) is 0 Å². The molecule has 0 bridgehead atoms. The molecule has 0 aliphatic heterocycles. The molecule has 0 spiro atoms. The van der Waals surface area contributed by atoms with Gasteiger partial charge in [-0.2, -0.15) is 0 Å². The van der Waals surface area contributed by atoms with Gasteiger partial charge in [0.25, 0.3) is 0 Å². The Labute approximate surface area is 120 Å². The second-order valence-corrected chi connectivity index (χ2v) is 4.19. The first-order chi connectivity index (χ1) is 9.65. The highest BCUT2D eigenvalue weighted by atomic mass is 35.5. The number of anilines is 1. The Kier molecular flexibility index (Phi) is 4.68. The molecular formula is C14H11ClFN3O. The molecule has 0 atom stereocenters. The number of amides is 2. The van der Waals surface area contributed by atoms with E-state index in [0.717, 1.165) is 0 Å². The smallest absolute Gasteiger partial charge is 0.314 e. The largest absolute Gasteiger partial charge is 0.323 e. The van der Waals surface area contributed by atoms with E-state index in [0.29, 0.717) is 11.3 Å². The third-order valence-corrected chi connectivity index (χ3v) is 2.65. The summed E-state index contributed by atoms with van der Waals surface area (Å²) in [4.78, 5) is 15.4. The summed E-state index contributed by atoms with van der Waals surface area (Å²) in [6.45, 7) is 0. The summed E-state index contributed by atoms with van der Waals surface area (Å²) in [5.74, 6) is -0.334. The molecule has 0 aliphatic rings. The molecule has 4 nitrogen and oxygen atoms in total. The maximum Gasteiger partial charge on any atom is 0.323 e. The molecule has 1 aromatic heterocycles. The molecule has 6 heteroatoms. The molecule has 2 rings (SSSR count). The van der Waals surface area contributed by atoms with E-state index in [1.807, 2.05) is 0 Å². The van der Waals surface area contributed by atoms with Crippen molar-refractivity contribution in [1.29, 1.82) is 0 Å². The van der Waals surface area contributed by atoms with Crippen LogP contribution in [0.5, 0.6) is 0 Å². The Bertz CT molecular complexity index is 646. The van der Waals surface area contributed by atoms with Crippen molar-refractivity contribution in [2.45, 2.75) is 0 Å². The van der Waals surface area contributed by atoms with Crippen LogP contribution >= 0.6 is 11.6 Å². The van der Waals surface area contributed by atoms with Crippen molar-refractivity contribution in [2.24, 2.45) is 0 Å². The molecule has 1 heterocycles. The Morgan fingerprint density at radius 3 is 2.90 bits per heavy atom. The fourth-order valence-corrected chi connectivity index (χ4v) is 1.63. The monoisotopic (exact) mass is 291 g/mol. The van der Waals surface area contributed by atoms with Crippen LogP contribution in [0.1, 0.15) is 5.56 Å². The lowest BCUT2D eigenvalue weighted by Gasteiger charge is -2.05. The molecule has 2 aromatic rings. The van der Waals surface area contributed by atoms with Crippen LogP contribution in [-0.2, 0) is 0 Å². The summed E-state index contributed by atoms with van der Waals surface area (Å²) in [6.07, 6.45) is 4.51. The molecular weight excluding hydrogens is 281 g/mol. The van der Waals surface area contributed by atoms with Crippen molar-refractivity contribution in [3.63, 3.8) is 0 Å². The van der Waals surface area contributed by atoms with Crippen molar-refractivity contribution >= 4 is 29.4 Å². The fraction of sp³-hybridized carbons (Fsp3) is 0. The number of urea groups is 1. The van der Waals surface area contributed by atoms with Gasteiger partial charge in [-0.25, -0.2) is 14.2 Å². The molecule has 102 valence electrons. The van der Waals surface area contributed by atoms with E-state index in [1.165, 1.54) is 24.5 Å². The van der Waals surface area contributed by atoms with E-state index in [9.17, 15) is 9.18 Å². The number of carbonyl (C=O) groups excluding carboxylic acids is 1. The first kappa shape index (κ1) is 14.0. The van der Waals surface area contributed by atoms with Crippen LogP contribution in [0.2, 0.25) is 5.15 Å². The molecule has 0 fully saturated rings. The van der Waals surface area contributed by atoms with E-state index in [2.05, 4.69) is 15.6 Å². The molecule has 0 saturated carbocycles. The highest BCUT2D eigenvalue weighted by molar-refractivity contribution is 6.32. The van der Waals surface area contributed by atoms with Crippen LogP contribution in [-0.4, -0.2) is 11.0 Å². The zero-order chi connectivity index (χ0) is 14.4. The Morgan fingerprint density at radius 1 is 1.30 bits per heavy atom. The van der Waals surface area contributed by atoms with Crippen molar-refractivity contribution in [2.75, 3.05) is 5.32 Å². The molecule has 0 unspecified atom stereocenters. The van der Waals surface area contributed by atoms with E-state index in [1.54, 1.807) is 30.3 Å². The van der Waals surface area contributed by atoms with Gasteiger partial charge >= 0.3 is 6.03 Å². The standard InChI is InChI=1S/C14H11ClFN3O/c15-13-12(5-2-7-17-13)19-14(20)18-8-6-10-3-1-4-11(16)9-10/h1-9H,(H2,18,19,20)/b8-6+. The summed E-state index contributed by atoms with van der Waals surface area (Å²) in [5, 5.41) is 5.23. The summed E-state index contributed by atoms with van der Waals surface area (Å²) >= 11 is 5.80. The number of nitrogens with one attached hydrogen (secondary N) is 2. The minimum Gasteiger partial charge on any atom is -0.314 e. The molecule has 0 saturated heterocycles. The number of benzene rings is 1. The van der Waals surface area contributed by atoms with E-state index in [4.69, 9.17) is 11.6 Å². The number of rotatable bonds is 3. The van der Waals surface area contributed by atoms with Gasteiger partial charge in [0.2, 0.25) is 0 Å². The van der Waals surface area contributed by atoms with Gasteiger partial charge in [0.15, 0.2) is 5.15 Å². The van der Waals surface area contributed by atoms with Gasteiger partial charge in [-0.3, -0.25) is 0 Å². The van der Waals surface area contributed by atoms with E-state index < -0.39 is 6.03 Å². The lowest BCUT2D eigenvalue weighted by atomic mass is 10.2. The maximum absolute atomic E-state index is 12.9. The van der Waals surface area contributed by atoms with Crippen LogP contribution < -0.4 is 10.6 Å².